The van der Waals surface area contributed by atoms with Gasteiger partial charge in [-0.15, -0.1) is 0 Å². The van der Waals surface area contributed by atoms with Gasteiger partial charge in [-0.2, -0.15) is 0 Å². The van der Waals surface area contributed by atoms with E-state index in [2.05, 4.69) is 231 Å². The molecule has 0 bridgehead atoms. The summed E-state index contributed by atoms with van der Waals surface area (Å²) in [6, 6.07) is 83.4. The SMILES string of the molecule is c1ccc(-c2cccc(-c3cc(-c4cccc(-c5ccc6c(c5)C5(c7ccccc7S6)c6ccccc6-c6ccccc65)c4)nc(-c4cccc(-c5ccccc5)c4)n3)c2)cc1. The van der Waals surface area contributed by atoms with Crippen LogP contribution in [0.3, 0.4) is 0 Å². The molecule has 0 unspecified atom stereocenters. The van der Waals surface area contributed by atoms with Crippen molar-refractivity contribution in [2.75, 3.05) is 0 Å². The lowest BCUT2D eigenvalue weighted by atomic mass is 9.67. The summed E-state index contributed by atoms with van der Waals surface area (Å²) in [5, 5.41) is 0. The third-order valence-corrected chi connectivity index (χ3v) is 13.7. The summed E-state index contributed by atoms with van der Waals surface area (Å²) in [4.78, 5) is 13.2. The van der Waals surface area contributed by atoms with Crippen LogP contribution in [-0.2, 0) is 5.41 Å². The maximum atomic E-state index is 5.34. The molecule has 1 spiro atoms. The summed E-state index contributed by atoms with van der Waals surface area (Å²) in [7, 11) is 0. The maximum Gasteiger partial charge on any atom is 0.160 e. The Bertz CT molecular complexity index is 3190. The Labute approximate surface area is 366 Å². The van der Waals surface area contributed by atoms with Crippen LogP contribution in [0.4, 0.5) is 0 Å². The van der Waals surface area contributed by atoms with Crippen molar-refractivity contribution in [2.45, 2.75) is 15.2 Å². The molecule has 0 fully saturated rings. The second kappa shape index (κ2) is 14.8. The minimum atomic E-state index is -0.434. The van der Waals surface area contributed by atoms with Gasteiger partial charge in [0.1, 0.15) is 0 Å². The first-order chi connectivity index (χ1) is 30.7. The molecule has 1 aliphatic carbocycles. The topological polar surface area (TPSA) is 25.8 Å². The number of hydrogen-bond acceptors (Lipinski definition) is 3. The molecular formula is C59H38N2S. The summed E-state index contributed by atoms with van der Waals surface area (Å²) in [6.45, 7) is 0. The van der Waals surface area contributed by atoms with Crippen LogP contribution >= 0.6 is 11.8 Å². The predicted molar refractivity (Wildman–Crippen MR) is 256 cm³/mol. The smallest absolute Gasteiger partial charge is 0.160 e. The van der Waals surface area contributed by atoms with Gasteiger partial charge in [-0.05, 0) is 109 Å². The fraction of sp³-hybridized carbons (Fsp3) is 0.0169. The van der Waals surface area contributed by atoms with Crippen molar-refractivity contribution in [3.8, 4) is 78.4 Å². The largest absolute Gasteiger partial charge is 0.228 e. The first-order valence-corrected chi connectivity index (χ1v) is 22.0. The zero-order chi connectivity index (χ0) is 41.0. The highest BCUT2D eigenvalue weighted by Gasteiger charge is 2.50. The third-order valence-electron chi connectivity index (χ3n) is 12.6. The number of rotatable bonds is 6. The average molecular weight is 807 g/mol. The van der Waals surface area contributed by atoms with Gasteiger partial charge in [-0.1, -0.05) is 200 Å². The van der Waals surface area contributed by atoms with E-state index in [1.807, 2.05) is 11.8 Å². The normalized spacial score (nSPS) is 12.9. The van der Waals surface area contributed by atoms with Gasteiger partial charge in [0.2, 0.25) is 0 Å². The van der Waals surface area contributed by atoms with Crippen LogP contribution < -0.4 is 0 Å². The van der Waals surface area contributed by atoms with Gasteiger partial charge >= 0.3 is 0 Å². The molecule has 1 aromatic heterocycles. The van der Waals surface area contributed by atoms with Gasteiger partial charge in [0.15, 0.2) is 5.82 Å². The quantitative estimate of drug-likeness (QED) is 0.167. The molecule has 2 aliphatic rings. The molecule has 2 nitrogen and oxygen atoms in total. The molecule has 0 radical (unpaired) electrons. The summed E-state index contributed by atoms with van der Waals surface area (Å²) < 4.78 is 0. The van der Waals surface area contributed by atoms with E-state index in [0.29, 0.717) is 5.82 Å². The van der Waals surface area contributed by atoms with Crippen molar-refractivity contribution < 1.29 is 0 Å². The van der Waals surface area contributed by atoms with E-state index >= 15 is 0 Å². The van der Waals surface area contributed by atoms with Gasteiger partial charge in [0.25, 0.3) is 0 Å². The zero-order valence-corrected chi connectivity index (χ0v) is 34.6. The first-order valence-electron chi connectivity index (χ1n) is 21.1. The zero-order valence-electron chi connectivity index (χ0n) is 33.7. The van der Waals surface area contributed by atoms with Crippen molar-refractivity contribution in [3.05, 3.63) is 253 Å². The molecule has 0 amide bonds. The molecule has 1 aliphatic heterocycles. The lowest BCUT2D eigenvalue weighted by Gasteiger charge is -2.40. The second-order valence-electron chi connectivity index (χ2n) is 16.1. The van der Waals surface area contributed by atoms with Gasteiger partial charge in [-0.25, -0.2) is 9.97 Å². The fourth-order valence-electron chi connectivity index (χ4n) is 9.72. The average Bonchev–Trinajstić information content (AvgIpc) is 3.65. The highest BCUT2D eigenvalue weighted by atomic mass is 32.2. The summed E-state index contributed by atoms with van der Waals surface area (Å²) in [5.41, 5.74) is 19.3. The number of fused-ring (bicyclic) bond motifs is 9. The van der Waals surface area contributed by atoms with E-state index in [0.717, 1.165) is 50.3 Å². The minimum absolute atomic E-state index is 0.434. The van der Waals surface area contributed by atoms with Gasteiger partial charge < -0.3 is 0 Å². The molecule has 0 atom stereocenters. The summed E-state index contributed by atoms with van der Waals surface area (Å²) >= 11 is 1.88. The highest BCUT2D eigenvalue weighted by molar-refractivity contribution is 7.99. The van der Waals surface area contributed by atoms with Gasteiger partial charge in [-0.3, -0.25) is 0 Å². The van der Waals surface area contributed by atoms with E-state index in [1.165, 1.54) is 54.3 Å². The van der Waals surface area contributed by atoms with Crippen LogP contribution in [0.2, 0.25) is 0 Å². The van der Waals surface area contributed by atoms with Crippen molar-refractivity contribution in [1.82, 2.24) is 9.97 Å². The number of nitrogens with zero attached hydrogens (tertiary/aromatic N) is 2. The van der Waals surface area contributed by atoms with Crippen molar-refractivity contribution >= 4 is 11.8 Å². The van der Waals surface area contributed by atoms with Crippen molar-refractivity contribution in [3.63, 3.8) is 0 Å². The maximum absolute atomic E-state index is 5.34. The number of aromatic nitrogens is 2. The molecule has 0 N–H and O–H groups in total. The summed E-state index contributed by atoms with van der Waals surface area (Å²) in [5.74, 6) is 0.691. The monoisotopic (exact) mass is 806 g/mol. The van der Waals surface area contributed by atoms with Crippen molar-refractivity contribution in [2.24, 2.45) is 0 Å². The van der Waals surface area contributed by atoms with Crippen LogP contribution in [0, 0.1) is 0 Å². The molecule has 3 heteroatoms. The van der Waals surface area contributed by atoms with Gasteiger partial charge in [0.05, 0.1) is 16.8 Å². The molecule has 2 heterocycles. The Morgan fingerprint density at radius 3 is 1.29 bits per heavy atom. The Balaban J connectivity index is 1.01. The van der Waals surface area contributed by atoms with Crippen LogP contribution in [0.5, 0.6) is 0 Å². The Kier molecular flexibility index (Phi) is 8.69. The van der Waals surface area contributed by atoms with Crippen molar-refractivity contribution in [1.29, 1.82) is 0 Å². The fourth-order valence-corrected chi connectivity index (χ4v) is 10.9. The van der Waals surface area contributed by atoms with E-state index in [-0.39, 0.29) is 0 Å². The molecule has 0 saturated carbocycles. The summed E-state index contributed by atoms with van der Waals surface area (Å²) in [6.07, 6.45) is 0. The minimum Gasteiger partial charge on any atom is -0.228 e. The molecule has 290 valence electrons. The van der Waals surface area contributed by atoms with Gasteiger partial charge in [0, 0.05) is 26.5 Å². The van der Waals surface area contributed by atoms with Crippen LogP contribution in [0.15, 0.2) is 240 Å². The lowest BCUT2D eigenvalue weighted by Crippen LogP contribution is -2.32. The predicted octanol–water partition coefficient (Wildman–Crippen LogP) is 15.3. The Hall–Kier alpha value is -7.59. The molecule has 12 rings (SSSR count). The number of benzene rings is 9. The second-order valence-corrected chi connectivity index (χ2v) is 17.2. The molecule has 0 saturated heterocycles. The molecule has 62 heavy (non-hydrogen) atoms. The first kappa shape index (κ1) is 36.3. The highest BCUT2D eigenvalue weighted by Crippen LogP contribution is 2.62. The lowest BCUT2D eigenvalue weighted by molar-refractivity contribution is 0.723. The molecule has 9 aromatic carbocycles. The van der Waals surface area contributed by atoms with E-state index < -0.39 is 5.41 Å². The van der Waals surface area contributed by atoms with E-state index in [4.69, 9.17) is 9.97 Å². The Morgan fingerprint density at radius 2 is 0.694 bits per heavy atom. The van der Waals surface area contributed by atoms with Crippen LogP contribution in [0.25, 0.3) is 78.4 Å². The Morgan fingerprint density at radius 1 is 0.274 bits per heavy atom. The molecule has 10 aromatic rings. The molecular weight excluding hydrogens is 769 g/mol. The number of hydrogen-bond donors (Lipinski definition) is 0. The van der Waals surface area contributed by atoms with E-state index in [9.17, 15) is 0 Å². The van der Waals surface area contributed by atoms with Crippen LogP contribution in [0.1, 0.15) is 22.3 Å². The third kappa shape index (κ3) is 5.96. The van der Waals surface area contributed by atoms with Crippen LogP contribution in [-0.4, -0.2) is 9.97 Å². The standard InChI is InChI=1S/C59H38N2S/c1-3-16-39(17-4-1)41-20-13-23-45(34-41)54-38-55(61-58(60-54)47-25-15-21-42(36-47)40-18-5-2-6-19-40)46-24-14-22-43(35-46)44-32-33-57-53(37-44)59(52-30-11-12-31-56(52)62-57)50-28-9-7-26-48(50)49-27-8-10-29-51(49)59/h1-38H. The van der Waals surface area contributed by atoms with E-state index in [1.54, 1.807) is 0 Å².